The topological polar surface area (TPSA) is 97.4 Å². The van der Waals surface area contributed by atoms with Gasteiger partial charge in [0.25, 0.3) is 0 Å². The van der Waals surface area contributed by atoms with E-state index < -0.39 is 19.7 Å². The first-order valence-electron chi connectivity index (χ1n) is 6.95. The van der Waals surface area contributed by atoms with Gasteiger partial charge in [0.05, 0.1) is 16.2 Å². The molecule has 128 valence electrons. The number of nitrogens with one attached hydrogen (secondary N) is 1. The minimum atomic E-state index is -3.27. The normalized spacial score (nSPS) is 11.9. The molecule has 1 N–H and O–H groups in total. The van der Waals surface area contributed by atoms with Gasteiger partial charge in [0.15, 0.2) is 19.7 Å². The standard InChI is InChI=1S/C16H17NO5S2/c1-23(19,20)14-7-3-12(4-8-14)11-16(18)17-13-5-9-15(10-6-13)24(2,21)22/h3-10H,11H2,1-2H3,(H,17,18). The quantitative estimate of drug-likeness (QED) is 0.867. The summed E-state index contributed by atoms with van der Waals surface area (Å²) in [5, 5.41) is 2.66. The third-order valence-electron chi connectivity index (χ3n) is 3.28. The van der Waals surface area contributed by atoms with E-state index >= 15 is 0 Å². The summed E-state index contributed by atoms with van der Waals surface area (Å²) >= 11 is 0. The van der Waals surface area contributed by atoms with Crippen LogP contribution in [0.5, 0.6) is 0 Å². The Hall–Kier alpha value is -2.19. The summed E-state index contributed by atoms with van der Waals surface area (Å²) in [7, 11) is -6.54. The minimum absolute atomic E-state index is 0.0812. The monoisotopic (exact) mass is 367 g/mol. The van der Waals surface area contributed by atoms with Gasteiger partial charge in [-0.2, -0.15) is 0 Å². The molecule has 1 amide bonds. The second kappa shape index (κ2) is 6.74. The SMILES string of the molecule is CS(=O)(=O)c1ccc(CC(=O)Nc2ccc(S(C)(=O)=O)cc2)cc1. The van der Waals surface area contributed by atoms with Crippen LogP contribution in [0.25, 0.3) is 0 Å². The Morgan fingerprint density at radius 3 is 1.62 bits per heavy atom. The van der Waals surface area contributed by atoms with E-state index in [0.717, 1.165) is 12.5 Å². The highest BCUT2D eigenvalue weighted by Crippen LogP contribution is 2.15. The molecule has 0 spiro atoms. The Bertz CT molecular complexity index is 865. The Kier molecular flexibility index (Phi) is 5.10. The van der Waals surface area contributed by atoms with E-state index in [1.807, 2.05) is 0 Å². The third kappa shape index (κ3) is 4.90. The van der Waals surface area contributed by atoms with Crippen molar-refractivity contribution in [3.8, 4) is 0 Å². The summed E-state index contributed by atoms with van der Waals surface area (Å²) in [5.74, 6) is -0.283. The lowest BCUT2D eigenvalue weighted by Crippen LogP contribution is -2.14. The molecule has 0 heterocycles. The van der Waals surface area contributed by atoms with Crippen LogP contribution in [0, 0.1) is 0 Å². The number of hydrogen-bond acceptors (Lipinski definition) is 5. The van der Waals surface area contributed by atoms with Gasteiger partial charge < -0.3 is 5.32 Å². The average Bonchev–Trinajstić information content (AvgIpc) is 2.46. The van der Waals surface area contributed by atoms with Crippen LogP contribution in [-0.2, 0) is 30.9 Å². The number of rotatable bonds is 5. The van der Waals surface area contributed by atoms with Gasteiger partial charge >= 0.3 is 0 Å². The maximum Gasteiger partial charge on any atom is 0.228 e. The fraction of sp³-hybridized carbons (Fsp3) is 0.188. The molecular formula is C16H17NO5S2. The Morgan fingerprint density at radius 1 is 0.792 bits per heavy atom. The van der Waals surface area contributed by atoms with Crippen LogP contribution in [0.4, 0.5) is 5.69 Å². The molecule has 0 aromatic heterocycles. The molecule has 0 aliphatic carbocycles. The number of sulfone groups is 2. The summed E-state index contributed by atoms with van der Waals surface area (Å²) in [6.07, 6.45) is 2.31. The maximum absolute atomic E-state index is 12.0. The average molecular weight is 367 g/mol. The van der Waals surface area contributed by atoms with Crippen molar-refractivity contribution in [2.45, 2.75) is 16.2 Å². The predicted molar refractivity (Wildman–Crippen MR) is 91.4 cm³/mol. The third-order valence-corrected chi connectivity index (χ3v) is 5.54. The van der Waals surface area contributed by atoms with Crippen LogP contribution in [0.2, 0.25) is 0 Å². The highest BCUT2D eigenvalue weighted by atomic mass is 32.2. The molecule has 0 radical (unpaired) electrons. The fourth-order valence-corrected chi connectivity index (χ4v) is 3.29. The van der Waals surface area contributed by atoms with Crippen LogP contribution in [0.15, 0.2) is 58.3 Å². The Labute approximate surface area is 141 Å². The number of amides is 1. The van der Waals surface area contributed by atoms with Crippen molar-refractivity contribution in [2.24, 2.45) is 0 Å². The fourth-order valence-electron chi connectivity index (χ4n) is 2.03. The summed E-state index contributed by atoms with van der Waals surface area (Å²) < 4.78 is 45.5. The molecular weight excluding hydrogens is 350 g/mol. The van der Waals surface area contributed by atoms with Gasteiger partial charge in [-0.25, -0.2) is 16.8 Å². The van der Waals surface area contributed by atoms with Gasteiger partial charge in [-0.3, -0.25) is 4.79 Å². The highest BCUT2D eigenvalue weighted by molar-refractivity contribution is 7.91. The first kappa shape index (κ1) is 18.2. The molecule has 0 atom stereocenters. The lowest BCUT2D eigenvalue weighted by atomic mass is 10.1. The largest absolute Gasteiger partial charge is 0.326 e. The first-order chi connectivity index (χ1) is 11.1. The van der Waals surface area contributed by atoms with Gasteiger partial charge in [0.2, 0.25) is 5.91 Å². The summed E-state index contributed by atoms with van der Waals surface area (Å²) in [4.78, 5) is 12.4. The van der Waals surface area contributed by atoms with Gasteiger partial charge in [0, 0.05) is 18.2 Å². The number of carbonyl (C=O) groups excluding carboxylic acids is 1. The van der Waals surface area contributed by atoms with Crippen LogP contribution in [-0.4, -0.2) is 35.3 Å². The maximum atomic E-state index is 12.0. The van der Waals surface area contributed by atoms with Crippen LogP contribution in [0.1, 0.15) is 5.56 Å². The van der Waals surface area contributed by atoms with Gasteiger partial charge in [-0.05, 0) is 42.0 Å². The molecule has 6 nitrogen and oxygen atoms in total. The lowest BCUT2D eigenvalue weighted by Gasteiger charge is -2.07. The zero-order chi connectivity index (χ0) is 18.0. The van der Waals surface area contributed by atoms with Gasteiger partial charge in [-0.1, -0.05) is 12.1 Å². The highest BCUT2D eigenvalue weighted by Gasteiger charge is 2.10. The molecule has 0 unspecified atom stereocenters. The van der Waals surface area contributed by atoms with E-state index in [9.17, 15) is 21.6 Å². The second-order valence-electron chi connectivity index (χ2n) is 5.44. The molecule has 0 aliphatic heterocycles. The van der Waals surface area contributed by atoms with E-state index in [1.165, 1.54) is 36.4 Å². The summed E-state index contributed by atoms with van der Waals surface area (Å²) in [6, 6.07) is 12.0. The van der Waals surface area contributed by atoms with Crippen molar-refractivity contribution in [1.82, 2.24) is 0 Å². The number of hydrogen-bond donors (Lipinski definition) is 1. The molecule has 2 aromatic carbocycles. The van der Waals surface area contributed by atoms with Crippen molar-refractivity contribution in [3.05, 3.63) is 54.1 Å². The number of carbonyl (C=O) groups is 1. The van der Waals surface area contributed by atoms with Crippen molar-refractivity contribution >= 4 is 31.3 Å². The van der Waals surface area contributed by atoms with E-state index in [2.05, 4.69) is 5.32 Å². The van der Waals surface area contributed by atoms with Crippen molar-refractivity contribution < 1.29 is 21.6 Å². The van der Waals surface area contributed by atoms with Crippen LogP contribution in [0.3, 0.4) is 0 Å². The number of anilines is 1. The lowest BCUT2D eigenvalue weighted by molar-refractivity contribution is -0.115. The Balaban J connectivity index is 2.03. The molecule has 2 rings (SSSR count). The smallest absolute Gasteiger partial charge is 0.228 e. The van der Waals surface area contributed by atoms with Crippen LogP contribution >= 0.6 is 0 Å². The van der Waals surface area contributed by atoms with Gasteiger partial charge in [-0.15, -0.1) is 0 Å². The Morgan fingerprint density at radius 2 is 1.21 bits per heavy atom. The van der Waals surface area contributed by atoms with Gasteiger partial charge in [0.1, 0.15) is 0 Å². The molecule has 24 heavy (non-hydrogen) atoms. The molecule has 8 heteroatoms. The zero-order valence-corrected chi connectivity index (χ0v) is 14.8. The zero-order valence-electron chi connectivity index (χ0n) is 13.2. The minimum Gasteiger partial charge on any atom is -0.326 e. The van der Waals surface area contributed by atoms with Crippen molar-refractivity contribution in [1.29, 1.82) is 0 Å². The molecule has 0 aliphatic rings. The first-order valence-corrected chi connectivity index (χ1v) is 10.7. The second-order valence-corrected chi connectivity index (χ2v) is 9.47. The van der Waals surface area contributed by atoms with E-state index in [4.69, 9.17) is 0 Å². The summed E-state index contributed by atoms with van der Waals surface area (Å²) in [6.45, 7) is 0. The molecule has 0 bridgehead atoms. The van der Waals surface area contributed by atoms with E-state index in [0.29, 0.717) is 11.3 Å². The number of benzene rings is 2. The van der Waals surface area contributed by atoms with Crippen LogP contribution < -0.4 is 5.32 Å². The van der Waals surface area contributed by atoms with Crippen molar-refractivity contribution in [2.75, 3.05) is 17.8 Å². The molecule has 0 saturated heterocycles. The van der Waals surface area contributed by atoms with E-state index in [-0.39, 0.29) is 22.1 Å². The van der Waals surface area contributed by atoms with E-state index in [1.54, 1.807) is 12.1 Å². The summed E-state index contributed by atoms with van der Waals surface area (Å²) in [5.41, 5.74) is 1.16. The molecule has 2 aromatic rings. The predicted octanol–water partition coefficient (Wildman–Crippen LogP) is 1.67. The molecule has 0 saturated carbocycles. The molecule has 0 fully saturated rings. The van der Waals surface area contributed by atoms with Crippen molar-refractivity contribution in [3.63, 3.8) is 0 Å².